The Hall–Kier alpha value is -0.890. The number of hydrogen-bond donors (Lipinski definition) is 8. The van der Waals surface area contributed by atoms with Crippen LogP contribution in [0.2, 0.25) is 0 Å². The van der Waals surface area contributed by atoms with E-state index >= 15 is 0 Å². The Morgan fingerprint density at radius 3 is 1.25 bits per heavy atom. The van der Waals surface area contributed by atoms with Crippen LogP contribution in [-0.2, 0) is 14.3 Å². The van der Waals surface area contributed by atoms with Crippen LogP contribution in [0, 0.1) is 0 Å². The van der Waals surface area contributed by atoms with E-state index < -0.39 is 74.2 Å². The van der Waals surface area contributed by atoms with Gasteiger partial charge in [0.15, 0.2) is 6.29 Å². The standard InChI is InChI=1S/C48H95NO10/c1-3-5-7-9-11-13-15-16-17-18-19-20-21-22-23-24-25-26-28-29-31-33-35-40(51)43(53)39(38-58-48-46(56)45(55)44(54)42(37-50)59-48)49-47(57)41(52)36-34-32-30-27-14-12-10-8-6-4-2/h39-46,48,50-56H,3-38H2,1-2H3,(H,49,57). The number of ether oxygens (including phenoxy) is 2. The van der Waals surface area contributed by atoms with E-state index in [4.69, 9.17) is 9.47 Å². The summed E-state index contributed by atoms with van der Waals surface area (Å²) >= 11 is 0. The average molecular weight is 846 g/mol. The zero-order valence-electron chi connectivity index (χ0n) is 38.0. The van der Waals surface area contributed by atoms with E-state index in [0.29, 0.717) is 19.3 Å². The van der Waals surface area contributed by atoms with Crippen molar-refractivity contribution < 1.29 is 50.0 Å². The van der Waals surface area contributed by atoms with Crippen LogP contribution >= 0.6 is 0 Å². The van der Waals surface area contributed by atoms with Crippen molar-refractivity contribution >= 4 is 5.91 Å². The molecule has 0 aromatic rings. The molecule has 0 spiro atoms. The molecule has 352 valence electrons. The summed E-state index contributed by atoms with van der Waals surface area (Å²) < 4.78 is 11.1. The molecule has 11 nitrogen and oxygen atoms in total. The lowest BCUT2D eigenvalue weighted by atomic mass is 9.98. The Morgan fingerprint density at radius 2 is 0.881 bits per heavy atom. The molecule has 11 heteroatoms. The fraction of sp³-hybridized carbons (Fsp3) is 0.979. The summed E-state index contributed by atoms with van der Waals surface area (Å²) in [5.41, 5.74) is 0. The summed E-state index contributed by atoms with van der Waals surface area (Å²) in [6.07, 6.45) is 28.8. The van der Waals surface area contributed by atoms with Crippen LogP contribution in [-0.4, -0.2) is 110 Å². The zero-order chi connectivity index (χ0) is 43.4. The second kappa shape index (κ2) is 38.8. The molecule has 8 N–H and O–H groups in total. The third kappa shape index (κ3) is 28.4. The van der Waals surface area contributed by atoms with Gasteiger partial charge in [0.2, 0.25) is 5.91 Å². The summed E-state index contributed by atoms with van der Waals surface area (Å²) in [4.78, 5) is 13.0. The van der Waals surface area contributed by atoms with Crippen LogP contribution in [0.5, 0.6) is 0 Å². The first-order chi connectivity index (χ1) is 28.7. The van der Waals surface area contributed by atoms with E-state index in [-0.39, 0.29) is 6.42 Å². The normalized spacial score (nSPS) is 21.7. The number of hydrogen-bond acceptors (Lipinski definition) is 10. The van der Waals surface area contributed by atoms with Gasteiger partial charge in [0.1, 0.15) is 36.6 Å². The average Bonchev–Trinajstić information content (AvgIpc) is 3.23. The SMILES string of the molecule is CCCCCCCCCCCCCCCCCCCCCCCCC(O)C(O)C(COC1OC(CO)C(O)C(O)C1O)NC(=O)C(O)CCCCCCCCCCCC. The van der Waals surface area contributed by atoms with Crippen molar-refractivity contribution in [1.29, 1.82) is 0 Å². The van der Waals surface area contributed by atoms with Gasteiger partial charge in [-0.2, -0.15) is 0 Å². The van der Waals surface area contributed by atoms with Crippen molar-refractivity contribution in [3.63, 3.8) is 0 Å². The fourth-order valence-corrected chi connectivity index (χ4v) is 8.27. The van der Waals surface area contributed by atoms with Crippen LogP contribution in [0.15, 0.2) is 0 Å². The van der Waals surface area contributed by atoms with E-state index in [1.165, 1.54) is 154 Å². The van der Waals surface area contributed by atoms with E-state index in [0.717, 1.165) is 38.5 Å². The summed E-state index contributed by atoms with van der Waals surface area (Å²) in [7, 11) is 0. The van der Waals surface area contributed by atoms with Crippen molar-refractivity contribution in [3.05, 3.63) is 0 Å². The number of carbonyl (C=O) groups is 1. The van der Waals surface area contributed by atoms with Gasteiger partial charge in [-0.15, -0.1) is 0 Å². The number of aliphatic hydroxyl groups is 7. The van der Waals surface area contributed by atoms with Crippen LogP contribution in [0.1, 0.15) is 232 Å². The van der Waals surface area contributed by atoms with Crippen LogP contribution in [0.25, 0.3) is 0 Å². The van der Waals surface area contributed by atoms with Gasteiger partial charge in [0.05, 0.1) is 25.4 Å². The monoisotopic (exact) mass is 846 g/mol. The van der Waals surface area contributed by atoms with Gasteiger partial charge in [-0.25, -0.2) is 0 Å². The highest BCUT2D eigenvalue weighted by Crippen LogP contribution is 2.23. The largest absolute Gasteiger partial charge is 0.394 e. The molecule has 0 radical (unpaired) electrons. The Kier molecular flexibility index (Phi) is 36.9. The van der Waals surface area contributed by atoms with Gasteiger partial charge in [0.25, 0.3) is 0 Å². The smallest absolute Gasteiger partial charge is 0.249 e. The van der Waals surface area contributed by atoms with E-state index in [9.17, 15) is 40.5 Å². The predicted molar refractivity (Wildman–Crippen MR) is 238 cm³/mol. The molecule has 0 aromatic heterocycles. The maximum atomic E-state index is 13.0. The van der Waals surface area contributed by atoms with Gasteiger partial charge in [-0.3, -0.25) is 4.79 Å². The van der Waals surface area contributed by atoms with E-state index in [1.54, 1.807) is 0 Å². The number of aliphatic hydroxyl groups excluding tert-OH is 7. The molecule has 1 amide bonds. The number of rotatable bonds is 42. The van der Waals surface area contributed by atoms with Crippen molar-refractivity contribution in [2.75, 3.05) is 13.2 Å². The minimum absolute atomic E-state index is 0.265. The lowest BCUT2D eigenvalue weighted by Gasteiger charge is -2.40. The molecule has 0 aliphatic carbocycles. The minimum Gasteiger partial charge on any atom is -0.394 e. The Morgan fingerprint density at radius 1 is 0.525 bits per heavy atom. The van der Waals surface area contributed by atoms with E-state index in [2.05, 4.69) is 19.2 Å². The Bertz CT molecular complexity index is 928. The molecule has 0 saturated carbocycles. The molecule has 1 rings (SSSR count). The van der Waals surface area contributed by atoms with Gasteiger partial charge in [-0.1, -0.05) is 219 Å². The highest BCUT2D eigenvalue weighted by molar-refractivity contribution is 5.80. The quantitative estimate of drug-likeness (QED) is 0.0276. The fourth-order valence-electron chi connectivity index (χ4n) is 8.27. The molecule has 1 heterocycles. The van der Waals surface area contributed by atoms with Gasteiger partial charge in [0, 0.05) is 0 Å². The molecule has 9 atom stereocenters. The summed E-state index contributed by atoms with van der Waals surface area (Å²) in [6, 6.07) is -1.16. The number of nitrogens with one attached hydrogen (secondary N) is 1. The second-order valence-corrected chi connectivity index (χ2v) is 17.9. The summed E-state index contributed by atoms with van der Waals surface area (Å²) in [6.45, 7) is 3.44. The van der Waals surface area contributed by atoms with Crippen molar-refractivity contribution in [3.8, 4) is 0 Å². The molecule has 59 heavy (non-hydrogen) atoms. The maximum Gasteiger partial charge on any atom is 0.249 e. The zero-order valence-corrected chi connectivity index (χ0v) is 38.0. The topological polar surface area (TPSA) is 189 Å². The lowest BCUT2D eigenvalue weighted by Crippen LogP contribution is -2.60. The molecular formula is C48H95NO10. The van der Waals surface area contributed by atoms with Crippen molar-refractivity contribution in [2.24, 2.45) is 0 Å². The minimum atomic E-state index is -1.66. The Balaban J connectivity index is 2.34. The molecule has 1 saturated heterocycles. The molecule has 0 aromatic carbocycles. The van der Waals surface area contributed by atoms with Gasteiger partial charge >= 0.3 is 0 Å². The molecule has 1 fully saturated rings. The van der Waals surface area contributed by atoms with E-state index in [1.807, 2.05) is 0 Å². The molecule has 1 aliphatic rings. The molecular weight excluding hydrogens is 751 g/mol. The number of carbonyl (C=O) groups excluding carboxylic acids is 1. The highest BCUT2D eigenvalue weighted by atomic mass is 16.7. The first-order valence-corrected chi connectivity index (χ1v) is 24.9. The highest BCUT2D eigenvalue weighted by Gasteiger charge is 2.44. The molecule has 1 aliphatic heterocycles. The first kappa shape index (κ1) is 56.1. The van der Waals surface area contributed by atoms with Gasteiger partial charge in [-0.05, 0) is 12.8 Å². The second-order valence-electron chi connectivity index (χ2n) is 17.9. The van der Waals surface area contributed by atoms with Crippen LogP contribution in [0.3, 0.4) is 0 Å². The maximum absolute atomic E-state index is 13.0. The Labute approximate surface area is 360 Å². The molecule has 9 unspecified atom stereocenters. The van der Waals surface area contributed by atoms with Crippen LogP contribution < -0.4 is 5.32 Å². The molecule has 0 bridgehead atoms. The summed E-state index contributed by atoms with van der Waals surface area (Å²) in [5, 5.41) is 75.7. The summed E-state index contributed by atoms with van der Waals surface area (Å²) in [5.74, 6) is -0.695. The van der Waals surface area contributed by atoms with Crippen LogP contribution in [0.4, 0.5) is 0 Å². The number of unbranched alkanes of at least 4 members (excludes halogenated alkanes) is 30. The van der Waals surface area contributed by atoms with Crippen molar-refractivity contribution in [2.45, 2.75) is 287 Å². The van der Waals surface area contributed by atoms with Crippen molar-refractivity contribution in [1.82, 2.24) is 5.32 Å². The first-order valence-electron chi connectivity index (χ1n) is 24.9. The lowest BCUT2D eigenvalue weighted by molar-refractivity contribution is -0.303. The van der Waals surface area contributed by atoms with Gasteiger partial charge < -0.3 is 50.5 Å². The third-order valence-electron chi connectivity index (χ3n) is 12.4. The number of amides is 1. The predicted octanol–water partition coefficient (Wildman–Crippen LogP) is 8.67. The third-order valence-corrected chi connectivity index (χ3v) is 12.4.